The molecule has 31 heavy (non-hydrogen) atoms. The normalized spacial score (nSPS) is 10.6. The fourth-order valence-electron chi connectivity index (χ4n) is 3.11. The molecule has 0 fully saturated rings. The number of hydrogen-bond acceptors (Lipinski definition) is 6. The fraction of sp³-hybridized carbons (Fsp3) is 0.130. The second-order valence-corrected chi connectivity index (χ2v) is 7.89. The van der Waals surface area contributed by atoms with Gasteiger partial charge in [0.15, 0.2) is 16.8 Å². The van der Waals surface area contributed by atoms with Gasteiger partial charge in [-0.05, 0) is 24.3 Å². The summed E-state index contributed by atoms with van der Waals surface area (Å²) in [5.41, 5.74) is 2.57. The van der Waals surface area contributed by atoms with Crippen molar-refractivity contribution in [3.63, 3.8) is 0 Å². The van der Waals surface area contributed by atoms with Gasteiger partial charge in [-0.2, -0.15) is 0 Å². The zero-order valence-electron chi connectivity index (χ0n) is 17.3. The van der Waals surface area contributed by atoms with Crippen molar-refractivity contribution in [2.24, 2.45) is 0 Å². The van der Waals surface area contributed by atoms with Crippen molar-refractivity contribution in [2.75, 3.05) is 30.1 Å². The van der Waals surface area contributed by atoms with Gasteiger partial charge in [0.1, 0.15) is 0 Å². The molecular formula is C23H22N6OS. The van der Waals surface area contributed by atoms with E-state index in [-0.39, 0.29) is 11.7 Å². The highest BCUT2D eigenvalue weighted by Crippen LogP contribution is 2.28. The Labute approximate surface area is 185 Å². The summed E-state index contributed by atoms with van der Waals surface area (Å²) in [6, 6.07) is 23.4. The topological polar surface area (TPSA) is 75.9 Å². The van der Waals surface area contributed by atoms with E-state index < -0.39 is 0 Å². The molecule has 7 nitrogen and oxygen atoms in total. The van der Waals surface area contributed by atoms with Gasteiger partial charge in [-0.15, -0.1) is 10.2 Å². The Hall–Kier alpha value is -3.65. The lowest BCUT2D eigenvalue weighted by molar-refractivity contribution is -0.113. The number of benzene rings is 2. The number of nitrogens with zero attached hydrogens (tertiary/aromatic N) is 5. The molecule has 156 valence electrons. The van der Waals surface area contributed by atoms with Crippen LogP contribution in [0.25, 0.3) is 17.1 Å². The maximum absolute atomic E-state index is 12.6. The molecule has 4 aromatic rings. The molecule has 1 N–H and O–H groups in total. The van der Waals surface area contributed by atoms with Crippen LogP contribution in [0.15, 0.2) is 84.1 Å². The van der Waals surface area contributed by atoms with Crippen LogP contribution in [0.1, 0.15) is 0 Å². The minimum atomic E-state index is -0.134. The third-order valence-corrected chi connectivity index (χ3v) is 5.43. The molecule has 0 saturated heterocycles. The van der Waals surface area contributed by atoms with Gasteiger partial charge in [-0.25, -0.2) is 4.98 Å². The monoisotopic (exact) mass is 430 g/mol. The van der Waals surface area contributed by atoms with Crippen LogP contribution in [0.3, 0.4) is 0 Å². The maximum atomic E-state index is 12.6. The molecule has 0 radical (unpaired) electrons. The highest BCUT2D eigenvalue weighted by Gasteiger charge is 2.17. The Morgan fingerprint density at radius 1 is 0.968 bits per heavy atom. The van der Waals surface area contributed by atoms with Crippen LogP contribution in [-0.4, -0.2) is 45.5 Å². The Morgan fingerprint density at radius 3 is 2.39 bits per heavy atom. The van der Waals surface area contributed by atoms with Crippen LogP contribution in [0.4, 0.5) is 11.5 Å². The van der Waals surface area contributed by atoms with Crippen molar-refractivity contribution >= 4 is 29.2 Å². The zero-order valence-corrected chi connectivity index (χ0v) is 18.1. The number of anilines is 2. The number of carbonyl (C=O) groups is 1. The van der Waals surface area contributed by atoms with Crippen molar-refractivity contribution in [3.05, 3.63) is 79.0 Å². The van der Waals surface area contributed by atoms with Crippen LogP contribution >= 0.6 is 11.8 Å². The zero-order chi connectivity index (χ0) is 21.6. The van der Waals surface area contributed by atoms with Crippen molar-refractivity contribution in [1.29, 1.82) is 0 Å². The first-order valence-corrected chi connectivity index (χ1v) is 10.7. The minimum Gasteiger partial charge on any atom is -0.361 e. The first-order chi connectivity index (χ1) is 15.1. The summed E-state index contributed by atoms with van der Waals surface area (Å²) in [5.74, 6) is 1.50. The summed E-state index contributed by atoms with van der Waals surface area (Å²) in [6.45, 7) is 0. The van der Waals surface area contributed by atoms with Crippen molar-refractivity contribution in [3.8, 4) is 17.1 Å². The van der Waals surface area contributed by atoms with E-state index in [2.05, 4.69) is 20.5 Å². The SMILES string of the molecule is CN(C)c1ncccc1NC(=O)CSc1nnc(-c2ccccc2)n1-c1ccccc1. The van der Waals surface area contributed by atoms with E-state index in [1.807, 2.05) is 90.3 Å². The van der Waals surface area contributed by atoms with Gasteiger partial charge < -0.3 is 10.2 Å². The van der Waals surface area contributed by atoms with Gasteiger partial charge in [0, 0.05) is 31.5 Å². The molecule has 2 heterocycles. The number of para-hydroxylation sites is 1. The lowest BCUT2D eigenvalue weighted by Gasteiger charge is -2.16. The van der Waals surface area contributed by atoms with Crippen molar-refractivity contribution in [2.45, 2.75) is 5.16 Å². The summed E-state index contributed by atoms with van der Waals surface area (Å²) in [7, 11) is 3.78. The summed E-state index contributed by atoms with van der Waals surface area (Å²) < 4.78 is 1.97. The van der Waals surface area contributed by atoms with Crippen molar-refractivity contribution in [1.82, 2.24) is 19.7 Å². The highest BCUT2D eigenvalue weighted by atomic mass is 32.2. The van der Waals surface area contributed by atoms with Crippen molar-refractivity contribution < 1.29 is 4.79 Å². The number of aromatic nitrogens is 4. The first-order valence-electron chi connectivity index (χ1n) is 9.75. The van der Waals surface area contributed by atoms with E-state index in [4.69, 9.17) is 0 Å². The minimum absolute atomic E-state index is 0.134. The van der Waals surface area contributed by atoms with E-state index in [9.17, 15) is 4.79 Å². The molecular weight excluding hydrogens is 408 g/mol. The third kappa shape index (κ3) is 4.75. The second kappa shape index (κ2) is 9.44. The quantitative estimate of drug-likeness (QED) is 0.445. The van der Waals surface area contributed by atoms with Crippen LogP contribution in [0, 0.1) is 0 Å². The molecule has 0 spiro atoms. The molecule has 0 aliphatic heterocycles. The largest absolute Gasteiger partial charge is 0.361 e. The molecule has 2 aromatic carbocycles. The van der Waals surface area contributed by atoms with Crippen LogP contribution in [0.5, 0.6) is 0 Å². The average Bonchev–Trinajstić information content (AvgIpc) is 3.23. The lowest BCUT2D eigenvalue weighted by atomic mass is 10.2. The Balaban J connectivity index is 1.57. The molecule has 2 aromatic heterocycles. The van der Waals surface area contributed by atoms with Crippen LogP contribution < -0.4 is 10.2 Å². The molecule has 0 bridgehead atoms. The van der Waals surface area contributed by atoms with Gasteiger partial charge in [0.25, 0.3) is 0 Å². The summed E-state index contributed by atoms with van der Waals surface area (Å²) in [5, 5.41) is 12.4. The van der Waals surface area contributed by atoms with E-state index in [1.54, 1.807) is 12.3 Å². The second-order valence-electron chi connectivity index (χ2n) is 6.95. The Morgan fingerprint density at radius 2 is 1.68 bits per heavy atom. The number of carbonyl (C=O) groups excluding carboxylic acids is 1. The van der Waals surface area contributed by atoms with Gasteiger partial charge >= 0.3 is 0 Å². The van der Waals surface area contributed by atoms with E-state index in [1.165, 1.54) is 11.8 Å². The van der Waals surface area contributed by atoms with Gasteiger partial charge in [-0.1, -0.05) is 60.3 Å². The summed E-state index contributed by atoms with van der Waals surface area (Å²) in [4.78, 5) is 18.8. The number of pyridine rings is 1. The molecule has 1 amide bonds. The Bertz CT molecular complexity index is 1160. The van der Waals surface area contributed by atoms with E-state index in [0.717, 1.165) is 17.1 Å². The van der Waals surface area contributed by atoms with E-state index >= 15 is 0 Å². The van der Waals surface area contributed by atoms with Gasteiger partial charge in [0.05, 0.1) is 11.4 Å². The molecule has 4 rings (SSSR count). The number of hydrogen-bond donors (Lipinski definition) is 1. The number of rotatable bonds is 7. The molecule has 0 saturated carbocycles. The molecule has 0 aliphatic rings. The predicted molar refractivity (Wildman–Crippen MR) is 125 cm³/mol. The standard InChI is InChI=1S/C23H22N6OS/c1-28(2)22-19(14-9-15-24-22)25-20(30)16-31-23-27-26-21(17-10-5-3-6-11-17)29(23)18-12-7-4-8-13-18/h3-15H,16H2,1-2H3,(H,25,30). The molecule has 0 aliphatic carbocycles. The number of thioether (sulfide) groups is 1. The average molecular weight is 431 g/mol. The number of amides is 1. The van der Waals surface area contributed by atoms with Gasteiger partial charge in [-0.3, -0.25) is 9.36 Å². The molecule has 8 heteroatoms. The third-order valence-electron chi connectivity index (χ3n) is 4.50. The highest BCUT2D eigenvalue weighted by molar-refractivity contribution is 7.99. The first kappa shape index (κ1) is 20.6. The Kier molecular flexibility index (Phi) is 6.28. The van der Waals surface area contributed by atoms with E-state index in [0.29, 0.717) is 16.7 Å². The summed E-state index contributed by atoms with van der Waals surface area (Å²) >= 11 is 1.34. The number of nitrogens with one attached hydrogen (secondary N) is 1. The lowest BCUT2D eigenvalue weighted by Crippen LogP contribution is -2.19. The smallest absolute Gasteiger partial charge is 0.234 e. The predicted octanol–water partition coefficient (Wildman–Crippen LogP) is 4.13. The van der Waals surface area contributed by atoms with Crippen LogP contribution in [0.2, 0.25) is 0 Å². The summed E-state index contributed by atoms with van der Waals surface area (Å²) in [6.07, 6.45) is 1.70. The fourth-order valence-corrected chi connectivity index (χ4v) is 3.87. The van der Waals surface area contributed by atoms with Gasteiger partial charge in [0.2, 0.25) is 5.91 Å². The molecule has 0 unspecified atom stereocenters. The van der Waals surface area contributed by atoms with Crippen LogP contribution in [-0.2, 0) is 4.79 Å². The maximum Gasteiger partial charge on any atom is 0.234 e. The molecule has 0 atom stereocenters.